The van der Waals surface area contributed by atoms with Crippen molar-refractivity contribution in [1.82, 2.24) is 0 Å². The van der Waals surface area contributed by atoms with Crippen molar-refractivity contribution in [2.45, 2.75) is 83.6 Å². The third-order valence-corrected chi connectivity index (χ3v) is 6.70. The summed E-state index contributed by atoms with van der Waals surface area (Å²) in [5, 5.41) is 0. The van der Waals surface area contributed by atoms with Crippen molar-refractivity contribution >= 4 is 0 Å². The van der Waals surface area contributed by atoms with Crippen LogP contribution in [-0.2, 0) is 19.2 Å². The molecule has 4 heteroatoms. The molecule has 1 spiro atoms. The van der Waals surface area contributed by atoms with Crippen molar-refractivity contribution in [1.29, 1.82) is 0 Å². The van der Waals surface area contributed by atoms with Gasteiger partial charge in [-0.1, -0.05) is 20.8 Å². The fourth-order valence-corrected chi connectivity index (χ4v) is 5.45. The fraction of sp³-hybridized carbons (Fsp3) is 1.00. The summed E-state index contributed by atoms with van der Waals surface area (Å²) in [7, 11) is 0. The summed E-state index contributed by atoms with van der Waals surface area (Å²) in [5.74, 6) is 1.45. The van der Waals surface area contributed by atoms with Gasteiger partial charge in [-0.3, -0.25) is 0 Å². The Kier molecular flexibility index (Phi) is 3.21. The molecular weight excluding hydrogens is 268 g/mol. The summed E-state index contributed by atoms with van der Waals surface area (Å²) >= 11 is 0. The minimum Gasteiger partial charge on any atom is -0.346 e. The van der Waals surface area contributed by atoms with E-state index in [9.17, 15) is 0 Å². The molecule has 8 atom stereocenters. The van der Waals surface area contributed by atoms with Crippen LogP contribution in [0.5, 0.6) is 0 Å². The highest BCUT2D eigenvalue weighted by Gasteiger charge is 2.69. The SMILES string of the molecule is CC[C@H]1O[C@@H]2O[C@]3(C)CC[C@H]4[C@H](C)CC[C@@H]([C@H]1C)[C@@]24OO3. The molecule has 4 nitrogen and oxygen atoms in total. The standard InChI is InChI=1S/C17H28O4/c1-5-14-11(3)13-7-6-10(2)12-8-9-16(4)19-15(18-14)17(12,13)21-20-16/h10-15H,5-9H2,1-4H3/t10-,11-,12+,13+,14-,15-,16+,17-/m1/s1. The van der Waals surface area contributed by atoms with E-state index in [1.54, 1.807) is 0 Å². The average molecular weight is 296 g/mol. The lowest BCUT2D eigenvalue weighted by atomic mass is 9.57. The third-order valence-electron chi connectivity index (χ3n) is 6.70. The Balaban J connectivity index is 1.79. The zero-order chi connectivity index (χ0) is 14.8. The van der Waals surface area contributed by atoms with Crippen LogP contribution >= 0.6 is 0 Å². The van der Waals surface area contributed by atoms with Crippen LogP contribution in [0.2, 0.25) is 0 Å². The van der Waals surface area contributed by atoms with Crippen LogP contribution in [0.4, 0.5) is 0 Å². The van der Waals surface area contributed by atoms with E-state index < -0.39 is 11.4 Å². The summed E-state index contributed by atoms with van der Waals surface area (Å²) in [5.41, 5.74) is -0.390. The van der Waals surface area contributed by atoms with Gasteiger partial charge in [0, 0.05) is 12.3 Å². The molecule has 2 bridgehead atoms. The number of hydrogen-bond acceptors (Lipinski definition) is 4. The maximum absolute atomic E-state index is 6.38. The van der Waals surface area contributed by atoms with Gasteiger partial charge in [0.15, 0.2) is 11.9 Å². The highest BCUT2D eigenvalue weighted by Crippen LogP contribution is 2.60. The van der Waals surface area contributed by atoms with Crippen molar-refractivity contribution in [3.8, 4) is 0 Å². The minimum absolute atomic E-state index is 0.266. The van der Waals surface area contributed by atoms with E-state index in [1.807, 2.05) is 6.92 Å². The molecule has 5 aliphatic rings. The lowest BCUT2D eigenvalue weighted by molar-refractivity contribution is -0.571. The fourth-order valence-electron chi connectivity index (χ4n) is 5.45. The lowest BCUT2D eigenvalue weighted by Gasteiger charge is -2.60. The minimum atomic E-state index is -0.642. The molecular formula is C17H28O4. The van der Waals surface area contributed by atoms with E-state index in [0.717, 1.165) is 19.3 Å². The van der Waals surface area contributed by atoms with Gasteiger partial charge < -0.3 is 9.47 Å². The second kappa shape index (κ2) is 4.67. The molecule has 21 heavy (non-hydrogen) atoms. The Morgan fingerprint density at radius 2 is 1.86 bits per heavy atom. The Morgan fingerprint density at radius 3 is 2.62 bits per heavy atom. The number of rotatable bonds is 1. The molecule has 0 aromatic heterocycles. The molecule has 4 aliphatic heterocycles. The van der Waals surface area contributed by atoms with Crippen LogP contribution in [0.15, 0.2) is 0 Å². The maximum atomic E-state index is 6.38. The molecule has 1 saturated carbocycles. The number of fused-ring (bicyclic) bond motifs is 2. The van der Waals surface area contributed by atoms with E-state index in [1.165, 1.54) is 12.8 Å². The summed E-state index contributed by atoms with van der Waals surface area (Å²) in [6.45, 7) is 8.86. The van der Waals surface area contributed by atoms with Crippen molar-refractivity contribution in [3.05, 3.63) is 0 Å². The Morgan fingerprint density at radius 1 is 1.05 bits per heavy atom. The van der Waals surface area contributed by atoms with Gasteiger partial charge >= 0.3 is 0 Å². The molecule has 120 valence electrons. The summed E-state index contributed by atoms with van der Waals surface area (Å²) in [4.78, 5) is 11.9. The molecule has 5 fully saturated rings. The summed E-state index contributed by atoms with van der Waals surface area (Å²) in [6.07, 6.45) is 5.51. The summed E-state index contributed by atoms with van der Waals surface area (Å²) in [6, 6.07) is 0. The van der Waals surface area contributed by atoms with Crippen molar-refractivity contribution in [2.75, 3.05) is 0 Å². The first-order chi connectivity index (χ1) is 10.00. The predicted molar refractivity (Wildman–Crippen MR) is 77.1 cm³/mol. The lowest BCUT2D eigenvalue weighted by Crippen LogP contribution is -2.70. The van der Waals surface area contributed by atoms with Crippen LogP contribution in [0.25, 0.3) is 0 Å². The molecule has 0 amide bonds. The Hall–Kier alpha value is -0.160. The first-order valence-electron chi connectivity index (χ1n) is 8.70. The molecule has 0 N–H and O–H groups in total. The normalized spacial score (nSPS) is 59.4. The van der Waals surface area contributed by atoms with Gasteiger partial charge in [0.05, 0.1) is 6.10 Å². The highest BCUT2D eigenvalue weighted by molar-refractivity contribution is 5.09. The van der Waals surface area contributed by atoms with Gasteiger partial charge in [0.2, 0.25) is 5.79 Å². The van der Waals surface area contributed by atoms with E-state index in [4.69, 9.17) is 19.2 Å². The van der Waals surface area contributed by atoms with Gasteiger partial charge in [-0.2, -0.15) is 0 Å². The average Bonchev–Trinajstić information content (AvgIpc) is 2.69. The second-order valence-corrected chi connectivity index (χ2v) is 7.85. The molecule has 0 aromatic carbocycles. The topological polar surface area (TPSA) is 36.9 Å². The van der Waals surface area contributed by atoms with Crippen molar-refractivity contribution in [3.63, 3.8) is 0 Å². The van der Waals surface area contributed by atoms with Gasteiger partial charge in [-0.25, -0.2) is 9.78 Å². The van der Waals surface area contributed by atoms with Gasteiger partial charge in [0.25, 0.3) is 0 Å². The molecule has 5 rings (SSSR count). The number of hydrogen-bond donors (Lipinski definition) is 0. The molecule has 0 unspecified atom stereocenters. The zero-order valence-corrected chi connectivity index (χ0v) is 13.6. The Bertz CT molecular complexity index is 427. The third kappa shape index (κ3) is 1.82. The molecule has 4 saturated heterocycles. The number of ether oxygens (including phenoxy) is 2. The largest absolute Gasteiger partial charge is 0.346 e. The smallest absolute Gasteiger partial charge is 0.201 e. The van der Waals surface area contributed by atoms with Gasteiger partial charge in [0.1, 0.15) is 0 Å². The van der Waals surface area contributed by atoms with Crippen LogP contribution in [0, 0.1) is 23.7 Å². The molecule has 0 radical (unpaired) electrons. The van der Waals surface area contributed by atoms with E-state index >= 15 is 0 Å². The first-order valence-corrected chi connectivity index (χ1v) is 8.70. The zero-order valence-electron chi connectivity index (χ0n) is 13.6. The van der Waals surface area contributed by atoms with Crippen LogP contribution < -0.4 is 0 Å². The van der Waals surface area contributed by atoms with Gasteiger partial charge in [-0.15, -0.1) is 0 Å². The quantitative estimate of drug-likeness (QED) is 0.692. The van der Waals surface area contributed by atoms with Crippen molar-refractivity contribution < 1.29 is 19.2 Å². The van der Waals surface area contributed by atoms with Crippen LogP contribution in [-0.4, -0.2) is 23.8 Å². The summed E-state index contributed by atoms with van der Waals surface area (Å²) < 4.78 is 12.7. The molecule has 4 heterocycles. The van der Waals surface area contributed by atoms with Gasteiger partial charge in [-0.05, 0) is 50.4 Å². The predicted octanol–water partition coefficient (Wildman–Crippen LogP) is 3.65. The van der Waals surface area contributed by atoms with Crippen LogP contribution in [0.1, 0.15) is 59.8 Å². The maximum Gasteiger partial charge on any atom is 0.201 e. The second-order valence-electron chi connectivity index (χ2n) is 7.85. The van der Waals surface area contributed by atoms with E-state index in [-0.39, 0.29) is 12.4 Å². The highest BCUT2D eigenvalue weighted by atomic mass is 17.3. The van der Waals surface area contributed by atoms with E-state index in [2.05, 4.69) is 20.8 Å². The molecule has 1 aliphatic carbocycles. The Labute approximate surface area is 127 Å². The van der Waals surface area contributed by atoms with E-state index in [0.29, 0.717) is 23.7 Å². The first kappa shape index (κ1) is 14.4. The molecule has 0 aromatic rings. The van der Waals surface area contributed by atoms with Crippen molar-refractivity contribution in [2.24, 2.45) is 23.7 Å². The monoisotopic (exact) mass is 296 g/mol. The van der Waals surface area contributed by atoms with Crippen LogP contribution in [0.3, 0.4) is 0 Å².